The number of rotatable bonds is 11. The molecule has 1 aliphatic rings. The van der Waals surface area contributed by atoms with Crippen molar-refractivity contribution < 1.29 is 14.6 Å². The van der Waals surface area contributed by atoms with Crippen molar-refractivity contribution in [3.05, 3.63) is 30.1 Å². The van der Waals surface area contributed by atoms with E-state index < -0.39 is 0 Å². The zero-order chi connectivity index (χ0) is 23.1. The van der Waals surface area contributed by atoms with Crippen LogP contribution in [0.3, 0.4) is 0 Å². The van der Waals surface area contributed by atoms with Crippen LogP contribution in [0.4, 0.5) is 0 Å². The van der Waals surface area contributed by atoms with Crippen LogP contribution in [0.1, 0.15) is 57.1 Å². The summed E-state index contributed by atoms with van der Waals surface area (Å²) in [5.74, 6) is 1.01. The molecule has 1 amide bonds. The summed E-state index contributed by atoms with van der Waals surface area (Å²) in [6, 6.07) is 8.02. The van der Waals surface area contributed by atoms with Crippen LogP contribution in [-0.2, 0) is 11.3 Å². The van der Waals surface area contributed by atoms with Crippen LogP contribution in [0.5, 0.6) is 0 Å². The third-order valence-electron chi connectivity index (χ3n) is 6.41. The van der Waals surface area contributed by atoms with Gasteiger partial charge in [0.1, 0.15) is 0 Å². The van der Waals surface area contributed by atoms with Crippen LogP contribution >= 0.6 is 24.8 Å². The van der Waals surface area contributed by atoms with Crippen molar-refractivity contribution >= 4 is 41.8 Å². The second-order valence-electron chi connectivity index (χ2n) is 9.41. The molecule has 0 radical (unpaired) electrons. The summed E-state index contributed by atoms with van der Waals surface area (Å²) in [6.07, 6.45) is 3.07. The number of nitrogens with zero attached hydrogens (tertiary/aromatic N) is 3. The highest BCUT2D eigenvalue weighted by Gasteiger charge is 2.34. The number of carbonyl (C=O) groups excluding carboxylic acids is 1. The summed E-state index contributed by atoms with van der Waals surface area (Å²) in [5, 5.41) is 13.9. The molecular weight excluding hydrogens is 475 g/mol. The van der Waals surface area contributed by atoms with Gasteiger partial charge in [0, 0.05) is 45.9 Å². The minimum atomic E-state index is -0.341. The van der Waals surface area contributed by atoms with Gasteiger partial charge >= 0.3 is 0 Å². The highest BCUT2D eigenvalue weighted by Crippen LogP contribution is 2.25. The van der Waals surface area contributed by atoms with E-state index in [1.165, 1.54) is 0 Å². The summed E-state index contributed by atoms with van der Waals surface area (Å²) in [5.41, 5.74) is 1.85. The molecule has 1 aromatic carbocycles. The predicted octanol–water partition coefficient (Wildman–Crippen LogP) is 4.15. The highest BCUT2D eigenvalue weighted by atomic mass is 35.5. The van der Waals surface area contributed by atoms with Crippen LogP contribution in [0, 0.1) is 11.8 Å². The van der Waals surface area contributed by atoms with Crippen LogP contribution < -0.4 is 5.32 Å². The normalized spacial score (nSPS) is 18.9. The van der Waals surface area contributed by atoms with Gasteiger partial charge in [0.05, 0.1) is 17.1 Å². The summed E-state index contributed by atoms with van der Waals surface area (Å²) < 4.78 is 7.28. The number of imidazole rings is 1. The molecule has 1 aromatic heterocycles. The zero-order valence-corrected chi connectivity index (χ0v) is 22.5. The minimum absolute atomic E-state index is 0. The summed E-state index contributed by atoms with van der Waals surface area (Å²) in [6.45, 7) is 9.97. The largest absolute Gasteiger partial charge is 0.393 e. The predicted molar refractivity (Wildman–Crippen MR) is 142 cm³/mol. The molecular formula is C25H42Cl2N4O3. The third kappa shape index (κ3) is 7.56. The van der Waals surface area contributed by atoms with Crippen LogP contribution in [0.25, 0.3) is 11.0 Å². The van der Waals surface area contributed by atoms with Gasteiger partial charge in [0.2, 0.25) is 0 Å². The fourth-order valence-electron chi connectivity index (χ4n) is 4.72. The van der Waals surface area contributed by atoms with Gasteiger partial charge in [-0.15, -0.1) is 24.8 Å². The number of unbranched alkanes of at least 4 members (excludes halogenated alkanes) is 1. The number of hydrogen-bond donors (Lipinski definition) is 2. The van der Waals surface area contributed by atoms with Crippen molar-refractivity contribution in [1.82, 2.24) is 19.8 Å². The molecule has 7 nitrogen and oxygen atoms in total. The lowest BCUT2D eigenvalue weighted by Gasteiger charge is -2.40. The first-order valence-electron chi connectivity index (χ1n) is 12.1. The molecule has 1 aliphatic heterocycles. The minimum Gasteiger partial charge on any atom is -0.393 e. The number of halogens is 2. The molecule has 2 N–H and O–H groups in total. The van der Waals surface area contributed by atoms with Gasteiger partial charge in [0.15, 0.2) is 5.82 Å². The molecule has 0 aliphatic carbocycles. The smallest absolute Gasteiger partial charge is 0.290 e. The van der Waals surface area contributed by atoms with E-state index in [-0.39, 0.29) is 48.8 Å². The Morgan fingerprint density at radius 1 is 1.26 bits per heavy atom. The average Bonchev–Trinajstić information content (AvgIpc) is 3.18. The van der Waals surface area contributed by atoms with Crippen molar-refractivity contribution in [1.29, 1.82) is 0 Å². The average molecular weight is 518 g/mol. The van der Waals surface area contributed by atoms with E-state index in [9.17, 15) is 9.90 Å². The first-order chi connectivity index (χ1) is 15.5. The molecule has 9 heteroatoms. The first kappa shape index (κ1) is 30.7. The van der Waals surface area contributed by atoms with Gasteiger partial charge < -0.3 is 24.6 Å². The monoisotopic (exact) mass is 516 g/mol. The molecule has 2 heterocycles. The fraction of sp³-hybridized carbons (Fsp3) is 0.680. The maximum atomic E-state index is 13.9. The van der Waals surface area contributed by atoms with E-state index in [1.807, 2.05) is 36.1 Å². The number of fused-ring (bicyclic) bond motifs is 1. The Balaban J connectivity index is 0.00000289. The quantitative estimate of drug-likeness (QED) is 0.438. The van der Waals surface area contributed by atoms with Crippen molar-refractivity contribution in [3.63, 3.8) is 0 Å². The lowest BCUT2D eigenvalue weighted by Crippen LogP contribution is -2.54. The number of aromatic nitrogens is 2. The number of aryl methyl sites for hydroxylation is 1. The number of aliphatic hydroxyl groups excluding tert-OH is 1. The number of nitrogens with one attached hydrogen (secondary N) is 1. The summed E-state index contributed by atoms with van der Waals surface area (Å²) in [7, 11) is 1.71. The zero-order valence-electron chi connectivity index (χ0n) is 20.9. The number of hydrogen-bond acceptors (Lipinski definition) is 5. The molecule has 0 unspecified atom stereocenters. The topological polar surface area (TPSA) is 79.6 Å². The van der Waals surface area contributed by atoms with E-state index in [1.54, 1.807) is 7.11 Å². The Morgan fingerprint density at radius 3 is 2.68 bits per heavy atom. The van der Waals surface area contributed by atoms with Crippen molar-refractivity contribution in [2.24, 2.45) is 11.8 Å². The van der Waals surface area contributed by atoms with Gasteiger partial charge in [-0.05, 0) is 49.7 Å². The Bertz CT molecular complexity index is 877. The fourth-order valence-corrected chi connectivity index (χ4v) is 4.72. The van der Waals surface area contributed by atoms with Crippen LogP contribution in [0.2, 0.25) is 0 Å². The Kier molecular flexibility index (Phi) is 13.4. The van der Waals surface area contributed by atoms with Gasteiger partial charge in [-0.1, -0.05) is 32.9 Å². The molecule has 2 aromatic rings. The van der Waals surface area contributed by atoms with Gasteiger partial charge in [-0.2, -0.15) is 0 Å². The van der Waals surface area contributed by atoms with E-state index >= 15 is 0 Å². The van der Waals surface area contributed by atoms with E-state index in [0.717, 1.165) is 56.4 Å². The highest BCUT2D eigenvalue weighted by molar-refractivity contribution is 5.95. The maximum absolute atomic E-state index is 13.9. The molecule has 0 saturated carbocycles. The second kappa shape index (κ2) is 14.9. The number of amides is 1. The number of para-hydroxylation sites is 2. The molecule has 3 rings (SSSR count). The number of methoxy groups -OCH3 is 1. The van der Waals surface area contributed by atoms with Gasteiger partial charge in [-0.25, -0.2) is 4.98 Å². The Labute approximate surface area is 216 Å². The summed E-state index contributed by atoms with van der Waals surface area (Å²) in [4.78, 5) is 20.7. The number of aliphatic hydroxyl groups is 1. The van der Waals surface area contributed by atoms with Crippen molar-refractivity contribution in [2.45, 2.75) is 65.1 Å². The van der Waals surface area contributed by atoms with Gasteiger partial charge in [0.25, 0.3) is 5.91 Å². The second-order valence-corrected chi connectivity index (χ2v) is 9.41. The standard InChI is InChI=1S/C25H40N4O3.2ClH/c1-5-23(30)19-14-20(16-26-15-19)29(17-18(2)3)25(31)24-27-21-10-6-7-11-22(21)28(24)12-8-9-13-32-4;;/h6-7,10-11,18-20,23,26,30H,5,8-9,12-17H2,1-4H3;2*1H/t19-,20+,23+;;/m1../s1. The maximum Gasteiger partial charge on any atom is 0.290 e. The van der Waals surface area contributed by atoms with Crippen LogP contribution in [-0.4, -0.2) is 71.0 Å². The van der Waals surface area contributed by atoms with Gasteiger partial charge in [-0.3, -0.25) is 4.79 Å². The Morgan fingerprint density at radius 2 is 2.00 bits per heavy atom. The SMILES string of the molecule is CC[C@H](O)[C@H]1CNC[C@@H](N(CC(C)C)C(=O)c2nc3ccccc3n2CCCCOC)C1.Cl.Cl. The first-order valence-corrected chi connectivity index (χ1v) is 12.1. The number of ether oxygens (including phenoxy) is 1. The summed E-state index contributed by atoms with van der Waals surface area (Å²) >= 11 is 0. The van der Waals surface area contributed by atoms with Crippen molar-refractivity contribution in [3.8, 4) is 0 Å². The Hall–Kier alpha value is -1.38. The van der Waals surface area contributed by atoms with E-state index in [4.69, 9.17) is 9.72 Å². The number of carbonyl (C=O) groups is 1. The molecule has 0 bridgehead atoms. The molecule has 0 spiro atoms. The molecule has 34 heavy (non-hydrogen) atoms. The third-order valence-corrected chi connectivity index (χ3v) is 6.41. The number of piperidine rings is 1. The number of benzene rings is 1. The molecule has 1 fully saturated rings. The molecule has 194 valence electrons. The van der Waals surface area contributed by atoms with E-state index in [0.29, 0.717) is 24.9 Å². The van der Waals surface area contributed by atoms with Crippen molar-refractivity contribution in [2.75, 3.05) is 33.4 Å². The lowest BCUT2D eigenvalue weighted by molar-refractivity contribution is 0.0383. The van der Waals surface area contributed by atoms with E-state index in [2.05, 4.69) is 23.7 Å². The lowest BCUT2D eigenvalue weighted by atomic mass is 9.88. The molecule has 3 atom stereocenters. The molecule has 1 saturated heterocycles. The van der Waals surface area contributed by atoms with Crippen LogP contribution in [0.15, 0.2) is 24.3 Å².